The van der Waals surface area contributed by atoms with E-state index in [1.807, 2.05) is 7.05 Å². The minimum atomic E-state index is 0.783. The monoisotopic (exact) mass is 345 g/mol. The van der Waals surface area contributed by atoms with Gasteiger partial charge in [0.25, 0.3) is 0 Å². The van der Waals surface area contributed by atoms with Crippen LogP contribution in [0.2, 0.25) is 0 Å². The van der Waals surface area contributed by atoms with Crippen molar-refractivity contribution in [2.24, 2.45) is 10.9 Å². The number of nitrogens with one attached hydrogen (secondary N) is 2. The van der Waals surface area contributed by atoms with Crippen molar-refractivity contribution < 1.29 is 0 Å². The number of rotatable bonds is 7. The average Bonchev–Trinajstić information content (AvgIpc) is 2.63. The molecule has 1 aliphatic heterocycles. The fourth-order valence-corrected chi connectivity index (χ4v) is 3.15. The summed E-state index contributed by atoms with van der Waals surface area (Å²) in [5, 5.41) is 6.83. The molecule has 0 unspecified atom stereocenters. The molecular weight excluding hydrogens is 310 g/mol. The standard InChI is InChI=1S/C20H35N5/c1-17-9-13-25(14-10-17)12-6-11-22-20(21-2)23-16-18-7-5-8-19(15-18)24(3)4/h5,7-8,15,17H,6,9-14,16H2,1-4H3,(H2,21,22,23). The van der Waals surface area contributed by atoms with E-state index in [1.165, 1.54) is 43.7 Å². The molecule has 1 aliphatic rings. The van der Waals surface area contributed by atoms with Crippen LogP contribution in [0.3, 0.4) is 0 Å². The summed E-state index contributed by atoms with van der Waals surface area (Å²) in [6.45, 7) is 7.81. The highest BCUT2D eigenvalue weighted by molar-refractivity contribution is 5.79. The molecule has 2 N–H and O–H groups in total. The molecule has 0 spiro atoms. The third-order valence-electron chi connectivity index (χ3n) is 4.93. The van der Waals surface area contributed by atoms with Crippen LogP contribution in [0.25, 0.3) is 0 Å². The average molecular weight is 346 g/mol. The Balaban J connectivity index is 1.66. The van der Waals surface area contributed by atoms with E-state index in [0.717, 1.165) is 31.4 Å². The summed E-state index contributed by atoms with van der Waals surface area (Å²) < 4.78 is 0. The Morgan fingerprint density at radius 1 is 1.24 bits per heavy atom. The van der Waals surface area contributed by atoms with Crippen LogP contribution in [0.5, 0.6) is 0 Å². The summed E-state index contributed by atoms with van der Waals surface area (Å²) in [4.78, 5) is 9.04. The molecule has 1 saturated heterocycles. The molecule has 140 valence electrons. The zero-order valence-corrected chi connectivity index (χ0v) is 16.4. The molecule has 25 heavy (non-hydrogen) atoms. The Morgan fingerprint density at radius 2 is 2.00 bits per heavy atom. The molecule has 0 aromatic heterocycles. The SMILES string of the molecule is CN=C(NCCCN1CCC(C)CC1)NCc1cccc(N(C)C)c1. The fourth-order valence-electron chi connectivity index (χ4n) is 3.15. The van der Waals surface area contributed by atoms with E-state index in [1.54, 1.807) is 0 Å². The molecule has 2 rings (SSSR count). The highest BCUT2D eigenvalue weighted by Crippen LogP contribution is 2.15. The van der Waals surface area contributed by atoms with Gasteiger partial charge in [-0.2, -0.15) is 0 Å². The Kier molecular flexibility index (Phi) is 8.06. The number of hydrogen-bond acceptors (Lipinski definition) is 3. The summed E-state index contributed by atoms with van der Waals surface area (Å²) in [6, 6.07) is 8.57. The first kappa shape index (κ1) is 19.6. The van der Waals surface area contributed by atoms with Gasteiger partial charge in [-0.25, -0.2) is 0 Å². The molecule has 0 atom stereocenters. The van der Waals surface area contributed by atoms with Crippen molar-refractivity contribution in [3.63, 3.8) is 0 Å². The topological polar surface area (TPSA) is 42.9 Å². The van der Waals surface area contributed by atoms with E-state index in [4.69, 9.17) is 0 Å². The Bertz CT molecular complexity index is 533. The highest BCUT2D eigenvalue weighted by Gasteiger charge is 2.14. The highest BCUT2D eigenvalue weighted by atomic mass is 15.2. The van der Waals surface area contributed by atoms with Crippen LogP contribution >= 0.6 is 0 Å². The maximum atomic E-state index is 4.33. The van der Waals surface area contributed by atoms with Crippen LogP contribution in [0.1, 0.15) is 31.7 Å². The van der Waals surface area contributed by atoms with E-state index < -0.39 is 0 Å². The molecule has 0 radical (unpaired) electrons. The second-order valence-electron chi connectivity index (χ2n) is 7.29. The summed E-state index contributed by atoms with van der Waals surface area (Å²) in [5.41, 5.74) is 2.48. The molecule has 1 heterocycles. The first-order valence-electron chi connectivity index (χ1n) is 9.51. The van der Waals surface area contributed by atoms with E-state index in [-0.39, 0.29) is 0 Å². The zero-order valence-electron chi connectivity index (χ0n) is 16.4. The van der Waals surface area contributed by atoms with Crippen molar-refractivity contribution in [2.45, 2.75) is 32.7 Å². The lowest BCUT2D eigenvalue weighted by molar-refractivity contribution is 0.191. The molecule has 1 aromatic carbocycles. The van der Waals surface area contributed by atoms with Crippen LogP contribution in [-0.4, -0.2) is 58.2 Å². The number of hydrogen-bond donors (Lipinski definition) is 2. The molecule has 5 heteroatoms. The first-order valence-corrected chi connectivity index (χ1v) is 9.51. The Morgan fingerprint density at radius 3 is 2.68 bits per heavy atom. The second kappa shape index (κ2) is 10.3. The van der Waals surface area contributed by atoms with E-state index >= 15 is 0 Å². The fraction of sp³-hybridized carbons (Fsp3) is 0.650. The second-order valence-corrected chi connectivity index (χ2v) is 7.29. The number of anilines is 1. The van der Waals surface area contributed by atoms with Gasteiger partial charge < -0.3 is 20.4 Å². The Labute approximate surface area is 153 Å². The largest absolute Gasteiger partial charge is 0.378 e. The van der Waals surface area contributed by atoms with Crippen LogP contribution in [0, 0.1) is 5.92 Å². The van der Waals surface area contributed by atoms with Gasteiger partial charge in [-0.1, -0.05) is 19.1 Å². The molecular formula is C20H35N5. The van der Waals surface area contributed by atoms with Gasteiger partial charge in [0.05, 0.1) is 0 Å². The third kappa shape index (κ3) is 6.94. The predicted octanol–water partition coefficient (Wildman–Crippen LogP) is 2.54. The van der Waals surface area contributed by atoms with Gasteiger partial charge in [0.15, 0.2) is 5.96 Å². The van der Waals surface area contributed by atoms with Gasteiger partial charge in [0.1, 0.15) is 0 Å². The van der Waals surface area contributed by atoms with Gasteiger partial charge in [0, 0.05) is 39.9 Å². The van der Waals surface area contributed by atoms with Crippen LogP contribution in [0.4, 0.5) is 5.69 Å². The smallest absolute Gasteiger partial charge is 0.191 e. The van der Waals surface area contributed by atoms with E-state index in [0.29, 0.717) is 0 Å². The molecule has 0 amide bonds. The van der Waals surface area contributed by atoms with Crippen molar-refractivity contribution in [2.75, 3.05) is 52.2 Å². The number of likely N-dealkylation sites (tertiary alicyclic amines) is 1. The van der Waals surface area contributed by atoms with Crippen molar-refractivity contribution in [1.82, 2.24) is 15.5 Å². The number of piperidine rings is 1. The lowest BCUT2D eigenvalue weighted by Crippen LogP contribution is -2.39. The maximum Gasteiger partial charge on any atom is 0.191 e. The van der Waals surface area contributed by atoms with Gasteiger partial charge in [-0.15, -0.1) is 0 Å². The van der Waals surface area contributed by atoms with Crippen LogP contribution in [-0.2, 0) is 6.54 Å². The molecule has 1 fully saturated rings. The lowest BCUT2D eigenvalue weighted by Gasteiger charge is -2.30. The van der Waals surface area contributed by atoms with Gasteiger partial charge in [0.2, 0.25) is 0 Å². The minimum absolute atomic E-state index is 0.783. The van der Waals surface area contributed by atoms with Crippen molar-refractivity contribution >= 4 is 11.6 Å². The number of guanidine groups is 1. The third-order valence-corrected chi connectivity index (χ3v) is 4.93. The Hall–Kier alpha value is -1.75. The summed E-state index contributed by atoms with van der Waals surface area (Å²) in [7, 11) is 5.96. The number of nitrogens with zero attached hydrogens (tertiary/aromatic N) is 3. The van der Waals surface area contributed by atoms with Crippen molar-refractivity contribution in [1.29, 1.82) is 0 Å². The summed E-state index contributed by atoms with van der Waals surface area (Å²) in [6.07, 6.45) is 3.86. The predicted molar refractivity (Wildman–Crippen MR) is 108 cm³/mol. The van der Waals surface area contributed by atoms with Crippen LogP contribution < -0.4 is 15.5 Å². The quantitative estimate of drug-likeness (QED) is 0.453. The molecule has 0 bridgehead atoms. The summed E-state index contributed by atoms with van der Waals surface area (Å²) in [5.74, 6) is 1.78. The maximum absolute atomic E-state index is 4.33. The van der Waals surface area contributed by atoms with Gasteiger partial charge >= 0.3 is 0 Å². The first-order chi connectivity index (χ1) is 12.1. The van der Waals surface area contributed by atoms with Gasteiger partial charge in [-0.05, 0) is 62.5 Å². The molecule has 1 aromatic rings. The zero-order chi connectivity index (χ0) is 18.1. The minimum Gasteiger partial charge on any atom is -0.378 e. The van der Waals surface area contributed by atoms with E-state index in [2.05, 4.69) is 70.7 Å². The van der Waals surface area contributed by atoms with E-state index in [9.17, 15) is 0 Å². The number of aliphatic imine (C=N–C) groups is 1. The molecule has 5 nitrogen and oxygen atoms in total. The van der Waals surface area contributed by atoms with Crippen molar-refractivity contribution in [3.05, 3.63) is 29.8 Å². The summed E-state index contributed by atoms with van der Waals surface area (Å²) >= 11 is 0. The normalized spacial score (nSPS) is 16.7. The molecule has 0 aliphatic carbocycles. The lowest BCUT2D eigenvalue weighted by atomic mass is 9.99. The number of benzene rings is 1. The van der Waals surface area contributed by atoms with Crippen molar-refractivity contribution in [3.8, 4) is 0 Å². The van der Waals surface area contributed by atoms with Gasteiger partial charge in [-0.3, -0.25) is 4.99 Å². The molecule has 0 saturated carbocycles. The van der Waals surface area contributed by atoms with Crippen LogP contribution in [0.15, 0.2) is 29.3 Å².